The molecule has 0 amide bonds. The lowest BCUT2D eigenvalue weighted by molar-refractivity contribution is -0.0386. The lowest BCUT2D eigenvalue weighted by Gasteiger charge is -2.30. The van der Waals surface area contributed by atoms with Crippen molar-refractivity contribution in [3.63, 3.8) is 0 Å². The van der Waals surface area contributed by atoms with E-state index in [1.54, 1.807) is 23.1 Å². The highest BCUT2D eigenvalue weighted by atomic mass is 32.2. The number of thioether (sulfide) groups is 1. The van der Waals surface area contributed by atoms with Gasteiger partial charge in [-0.25, -0.2) is 4.98 Å². The van der Waals surface area contributed by atoms with Crippen LogP contribution in [0.4, 0.5) is 0 Å². The Morgan fingerprint density at radius 2 is 2.30 bits per heavy atom. The first kappa shape index (κ1) is 16.7. The molecule has 3 heterocycles. The average Bonchev–Trinajstić information content (AvgIpc) is 2.85. The minimum absolute atomic E-state index is 0.0753. The van der Waals surface area contributed by atoms with Crippen molar-refractivity contribution in [3.05, 3.63) is 33.3 Å². The van der Waals surface area contributed by atoms with E-state index in [0.717, 1.165) is 32.6 Å². The summed E-state index contributed by atoms with van der Waals surface area (Å²) in [4.78, 5) is 19.6. The van der Waals surface area contributed by atoms with Crippen molar-refractivity contribution >= 4 is 33.4 Å². The number of rotatable bonds is 5. The maximum Gasteiger partial charge on any atom is 0.211 e. The van der Waals surface area contributed by atoms with Crippen molar-refractivity contribution in [1.82, 2.24) is 9.55 Å². The lowest BCUT2D eigenvalue weighted by atomic mass is 9.96. The molecule has 0 saturated carbocycles. The van der Waals surface area contributed by atoms with Gasteiger partial charge in [-0.1, -0.05) is 24.8 Å². The predicted molar refractivity (Wildman–Crippen MR) is 97.7 cm³/mol. The second kappa shape index (κ2) is 6.42. The Hall–Kier alpha value is -1.11. The smallest absolute Gasteiger partial charge is 0.211 e. The minimum Gasteiger partial charge on any atom is -0.370 e. The van der Waals surface area contributed by atoms with E-state index < -0.39 is 0 Å². The second-order valence-corrected chi connectivity index (χ2v) is 8.50. The van der Waals surface area contributed by atoms with Gasteiger partial charge in [-0.05, 0) is 20.3 Å². The zero-order chi connectivity index (χ0) is 16.6. The molecule has 1 aliphatic heterocycles. The molecule has 4 nitrogen and oxygen atoms in total. The monoisotopic (exact) mass is 350 g/mol. The third-order valence-corrected chi connectivity index (χ3v) is 6.28. The van der Waals surface area contributed by atoms with E-state index in [1.807, 2.05) is 19.9 Å². The molecule has 124 valence electrons. The van der Waals surface area contributed by atoms with Crippen LogP contribution in [0.2, 0.25) is 0 Å². The summed E-state index contributed by atoms with van der Waals surface area (Å²) in [5.74, 6) is 0.995. The van der Waals surface area contributed by atoms with E-state index in [-0.39, 0.29) is 11.0 Å². The van der Waals surface area contributed by atoms with Crippen molar-refractivity contribution in [1.29, 1.82) is 0 Å². The van der Waals surface area contributed by atoms with Crippen LogP contribution >= 0.6 is 23.1 Å². The van der Waals surface area contributed by atoms with Crippen LogP contribution in [0.5, 0.6) is 0 Å². The van der Waals surface area contributed by atoms with Gasteiger partial charge in [-0.3, -0.25) is 4.79 Å². The molecule has 23 heavy (non-hydrogen) atoms. The molecule has 2 aromatic rings. The fraction of sp³-hybridized carbons (Fsp3) is 0.529. The van der Waals surface area contributed by atoms with Crippen molar-refractivity contribution in [3.8, 4) is 0 Å². The predicted octanol–water partition coefficient (Wildman–Crippen LogP) is 4.00. The lowest BCUT2D eigenvalue weighted by Crippen LogP contribution is -2.34. The van der Waals surface area contributed by atoms with Gasteiger partial charge in [0.2, 0.25) is 5.43 Å². The molecule has 1 aliphatic rings. The van der Waals surface area contributed by atoms with Gasteiger partial charge < -0.3 is 9.30 Å². The molecule has 0 bridgehead atoms. The Labute approximate surface area is 144 Å². The molecule has 0 unspecified atom stereocenters. The third-order valence-electron chi connectivity index (χ3n) is 3.88. The highest BCUT2D eigenvalue weighted by Gasteiger charge is 2.30. The van der Waals surface area contributed by atoms with Gasteiger partial charge >= 0.3 is 0 Å². The summed E-state index contributed by atoms with van der Waals surface area (Å²) >= 11 is 3.34. The molecule has 0 radical (unpaired) electrons. The number of hydrogen-bond acceptors (Lipinski definition) is 5. The third kappa shape index (κ3) is 3.12. The summed E-state index contributed by atoms with van der Waals surface area (Å²) in [6.45, 7) is 11.2. The zero-order valence-electron chi connectivity index (χ0n) is 13.8. The van der Waals surface area contributed by atoms with Crippen molar-refractivity contribution in [2.75, 3.05) is 5.75 Å². The molecule has 2 aromatic heterocycles. The first-order valence-corrected chi connectivity index (χ1v) is 9.69. The van der Waals surface area contributed by atoms with Crippen LogP contribution in [0, 0.1) is 0 Å². The fourth-order valence-corrected chi connectivity index (χ4v) is 4.81. The SMILES string of the molecule is C=CCn1c(SCCC)nc2c(=O)c3c(sc21)COC(C)(C)C3. The molecule has 0 atom stereocenters. The molecule has 0 aliphatic carbocycles. The average molecular weight is 351 g/mol. The molecule has 3 rings (SSSR count). The molecular weight excluding hydrogens is 328 g/mol. The van der Waals surface area contributed by atoms with Crippen molar-refractivity contribution in [2.45, 2.75) is 57.5 Å². The maximum absolute atomic E-state index is 12.9. The Balaban J connectivity index is 2.19. The second-order valence-electron chi connectivity index (χ2n) is 6.35. The van der Waals surface area contributed by atoms with Gasteiger partial charge in [-0.2, -0.15) is 0 Å². The Bertz CT molecular complexity index is 805. The molecule has 0 aromatic carbocycles. The topological polar surface area (TPSA) is 44.1 Å². The number of ether oxygens (including phenoxy) is 1. The van der Waals surface area contributed by atoms with E-state index in [4.69, 9.17) is 4.74 Å². The molecular formula is C17H22N2O2S2. The normalized spacial score (nSPS) is 16.5. The quantitative estimate of drug-likeness (QED) is 0.604. The van der Waals surface area contributed by atoms with Gasteiger partial charge in [0.1, 0.15) is 10.3 Å². The van der Waals surface area contributed by atoms with Crippen LogP contribution in [0.15, 0.2) is 22.6 Å². The highest BCUT2D eigenvalue weighted by Crippen LogP contribution is 2.33. The van der Waals surface area contributed by atoms with Crippen LogP contribution in [-0.2, 0) is 24.3 Å². The standard InChI is InChI=1S/C17H22N2O2S2/c1-5-7-19-15-13(18-16(19)22-8-6-2)14(20)11-9-17(3,4)21-10-12(11)23-15/h5H,1,6-10H2,2-4H3. The van der Waals surface area contributed by atoms with Crippen molar-refractivity contribution < 1.29 is 4.74 Å². The van der Waals surface area contributed by atoms with Crippen LogP contribution in [-0.4, -0.2) is 20.9 Å². The van der Waals surface area contributed by atoms with Gasteiger partial charge in [0.05, 0.1) is 12.2 Å². The summed E-state index contributed by atoms with van der Waals surface area (Å²) in [5.41, 5.74) is 1.28. The summed E-state index contributed by atoms with van der Waals surface area (Å²) < 4.78 is 7.99. The van der Waals surface area contributed by atoms with E-state index in [2.05, 4.69) is 23.1 Å². The molecule has 0 N–H and O–H groups in total. The highest BCUT2D eigenvalue weighted by molar-refractivity contribution is 7.99. The summed E-state index contributed by atoms with van der Waals surface area (Å²) in [6, 6.07) is 0. The number of hydrogen-bond donors (Lipinski definition) is 0. The van der Waals surface area contributed by atoms with Crippen LogP contribution < -0.4 is 5.43 Å². The first-order valence-electron chi connectivity index (χ1n) is 7.89. The Morgan fingerprint density at radius 1 is 1.52 bits per heavy atom. The number of aromatic nitrogens is 2. The van der Waals surface area contributed by atoms with Crippen LogP contribution in [0.25, 0.3) is 10.3 Å². The number of nitrogens with zero attached hydrogens (tertiary/aromatic N) is 2. The van der Waals surface area contributed by atoms with Crippen LogP contribution in [0.3, 0.4) is 0 Å². The largest absolute Gasteiger partial charge is 0.370 e. The summed E-state index contributed by atoms with van der Waals surface area (Å²) in [6.07, 6.45) is 3.58. The van der Waals surface area contributed by atoms with E-state index in [1.165, 1.54) is 0 Å². The molecule has 0 spiro atoms. The van der Waals surface area contributed by atoms with E-state index >= 15 is 0 Å². The number of fused-ring (bicyclic) bond motifs is 2. The maximum atomic E-state index is 12.9. The van der Waals surface area contributed by atoms with Gasteiger partial charge in [0.15, 0.2) is 5.16 Å². The van der Waals surface area contributed by atoms with Gasteiger partial charge in [0.25, 0.3) is 0 Å². The zero-order valence-corrected chi connectivity index (χ0v) is 15.5. The Morgan fingerprint density at radius 3 is 3.00 bits per heavy atom. The number of allylic oxidation sites excluding steroid dienone is 1. The van der Waals surface area contributed by atoms with Gasteiger partial charge in [-0.15, -0.1) is 17.9 Å². The first-order chi connectivity index (χ1) is 11.0. The van der Waals surface area contributed by atoms with E-state index in [0.29, 0.717) is 25.1 Å². The van der Waals surface area contributed by atoms with Crippen LogP contribution in [0.1, 0.15) is 37.6 Å². The van der Waals surface area contributed by atoms with Gasteiger partial charge in [0, 0.05) is 29.2 Å². The molecule has 0 saturated heterocycles. The summed E-state index contributed by atoms with van der Waals surface area (Å²) in [5, 5.41) is 0.914. The molecule has 0 fully saturated rings. The number of imidazole rings is 1. The molecule has 6 heteroatoms. The Kier molecular flexibility index (Phi) is 4.67. The fourth-order valence-electron chi connectivity index (χ4n) is 2.74. The summed E-state index contributed by atoms with van der Waals surface area (Å²) in [7, 11) is 0. The van der Waals surface area contributed by atoms with E-state index in [9.17, 15) is 4.79 Å². The van der Waals surface area contributed by atoms with Crippen molar-refractivity contribution in [2.24, 2.45) is 0 Å². The minimum atomic E-state index is -0.282.